The van der Waals surface area contributed by atoms with E-state index in [9.17, 15) is 9.59 Å². The largest absolute Gasteiger partial charge is 0.322 e. The molecular formula is C29H23N3O2. The number of nitrogens with zero attached hydrogens (tertiary/aromatic N) is 1. The first-order valence-electron chi connectivity index (χ1n) is 10.8. The molecule has 0 aromatic heterocycles. The highest BCUT2D eigenvalue weighted by molar-refractivity contribution is 6.11. The van der Waals surface area contributed by atoms with E-state index in [1.165, 1.54) is 0 Å². The van der Waals surface area contributed by atoms with Gasteiger partial charge in [-0.15, -0.1) is 0 Å². The highest BCUT2D eigenvalue weighted by atomic mass is 16.2. The van der Waals surface area contributed by atoms with E-state index in [1.807, 2.05) is 91.0 Å². The van der Waals surface area contributed by atoms with Crippen LogP contribution in [0, 0.1) is 0 Å². The lowest BCUT2D eigenvalue weighted by Crippen LogP contribution is -2.19. The Hall–Kier alpha value is -4.77. The molecule has 2 amide bonds. The van der Waals surface area contributed by atoms with Crippen molar-refractivity contribution in [1.82, 2.24) is 5.43 Å². The lowest BCUT2D eigenvalue weighted by molar-refractivity contribution is 0.0954. The predicted molar refractivity (Wildman–Crippen MR) is 137 cm³/mol. The fraction of sp³-hybridized carbons (Fsp3) is 0. The Morgan fingerprint density at radius 3 is 1.74 bits per heavy atom. The molecule has 0 aliphatic carbocycles. The van der Waals surface area contributed by atoms with Crippen molar-refractivity contribution in [2.24, 2.45) is 5.10 Å². The monoisotopic (exact) mass is 445 g/mol. The first kappa shape index (κ1) is 22.4. The summed E-state index contributed by atoms with van der Waals surface area (Å²) in [6, 6.07) is 35.1. The zero-order chi connectivity index (χ0) is 23.6. The van der Waals surface area contributed by atoms with E-state index in [2.05, 4.69) is 15.8 Å². The van der Waals surface area contributed by atoms with Crippen LogP contribution in [0.15, 0.2) is 126 Å². The van der Waals surface area contributed by atoms with Crippen molar-refractivity contribution in [3.05, 3.63) is 144 Å². The van der Waals surface area contributed by atoms with Gasteiger partial charge >= 0.3 is 0 Å². The van der Waals surface area contributed by atoms with Gasteiger partial charge in [-0.25, -0.2) is 5.43 Å². The summed E-state index contributed by atoms with van der Waals surface area (Å²) < 4.78 is 0. The molecule has 5 nitrogen and oxygen atoms in total. The molecule has 0 radical (unpaired) electrons. The number of carbonyl (C=O) groups excluding carboxylic acids is 2. The van der Waals surface area contributed by atoms with Crippen molar-refractivity contribution in [2.75, 3.05) is 5.32 Å². The number of hydrazone groups is 1. The molecule has 0 aliphatic rings. The Morgan fingerprint density at radius 1 is 0.588 bits per heavy atom. The topological polar surface area (TPSA) is 70.6 Å². The standard InChI is InChI=1S/C29H23N3O2/c33-28(24-14-8-3-9-15-24)30-26-19-17-25(18-20-26)29(34)32-31-27(23-12-6-2-7-13-23)21-16-22-10-4-1-5-11-22/h1-21H,(H,30,33)(H,32,34). The molecule has 0 fully saturated rings. The second kappa shape index (κ2) is 11.2. The summed E-state index contributed by atoms with van der Waals surface area (Å²) in [6.45, 7) is 0. The molecule has 34 heavy (non-hydrogen) atoms. The molecule has 0 atom stereocenters. The van der Waals surface area contributed by atoms with Gasteiger partial charge in [-0.2, -0.15) is 5.10 Å². The quantitative estimate of drug-likeness (QED) is 0.279. The number of hydrogen-bond donors (Lipinski definition) is 2. The van der Waals surface area contributed by atoms with Gasteiger partial charge in [0.15, 0.2) is 0 Å². The van der Waals surface area contributed by atoms with E-state index < -0.39 is 0 Å². The van der Waals surface area contributed by atoms with Gasteiger partial charge in [0, 0.05) is 22.4 Å². The second-order valence-electron chi connectivity index (χ2n) is 7.45. The van der Waals surface area contributed by atoms with Gasteiger partial charge in [0.05, 0.1) is 5.71 Å². The molecule has 0 unspecified atom stereocenters. The summed E-state index contributed by atoms with van der Waals surface area (Å²) in [7, 11) is 0. The van der Waals surface area contributed by atoms with Crippen molar-refractivity contribution in [1.29, 1.82) is 0 Å². The SMILES string of the molecule is O=C(NN=C(C=Cc1ccccc1)c1ccccc1)c1ccc(NC(=O)c2ccccc2)cc1. The molecular weight excluding hydrogens is 422 g/mol. The number of hydrogen-bond acceptors (Lipinski definition) is 3. The zero-order valence-corrected chi connectivity index (χ0v) is 18.4. The third-order valence-corrected chi connectivity index (χ3v) is 5.02. The highest BCUT2D eigenvalue weighted by Gasteiger charge is 2.08. The van der Waals surface area contributed by atoms with Gasteiger partial charge in [-0.1, -0.05) is 84.9 Å². The summed E-state index contributed by atoms with van der Waals surface area (Å²) in [4.78, 5) is 25.0. The van der Waals surface area contributed by atoms with E-state index in [-0.39, 0.29) is 11.8 Å². The number of anilines is 1. The molecule has 5 heteroatoms. The third-order valence-electron chi connectivity index (χ3n) is 5.02. The van der Waals surface area contributed by atoms with E-state index in [0.717, 1.165) is 11.1 Å². The molecule has 166 valence electrons. The van der Waals surface area contributed by atoms with Gasteiger partial charge in [-0.3, -0.25) is 9.59 Å². The molecule has 0 saturated carbocycles. The van der Waals surface area contributed by atoms with Gasteiger partial charge < -0.3 is 5.32 Å². The molecule has 4 rings (SSSR count). The summed E-state index contributed by atoms with van der Waals surface area (Å²) in [5, 5.41) is 7.18. The molecule has 0 saturated heterocycles. The van der Waals surface area contributed by atoms with E-state index in [1.54, 1.807) is 36.4 Å². The molecule has 4 aromatic carbocycles. The van der Waals surface area contributed by atoms with Gasteiger partial charge in [0.2, 0.25) is 0 Å². The molecule has 2 N–H and O–H groups in total. The normalized spacial score (nSPS) is 11.2. The maximum atomic E-state index is 12.7. The minimum atomic E-state index is -0.345. The maximum absolute atomic E-state index is 12.7. The van der Waals surface area contributed by atoms with Gasteiger partial charge in [0.1, 0.15) is 0 Å². The summed E-state index contributed by atoms with van der Waals surface area (Å²) in [5.41, 5.74) is 6.77. The first-order valence-corrected chi connectivity index (χ1v) is 10.8. The van der Waals surface area contributed by atoms with Crippen LogP contribution in [-0.4, -0.2) is 17.5 Å². The van der Waals surface area contributed by atoms with Crippen LogP contribution in [0.5, 0.6) is 0 Å². The smallest absolute Gasteiger partial charge is 0.271 e. The Kier molecular flexibility index (Phi) is 7.39. The average Bonchev–Trinajstić information content (AvgIpc) is 2.90. The number of nitrogens with one attached hydrogen (secondary N) is 2. The number of amides is 2. The Labute approximate surface area is 198 Å². The van der Waals surface area contributed by atoms with Crippen LogP contribution in [-0.2, 0) is 0 Å². The number of allylic oxidation sites excluding steroid dienone is 1. The van der Waals surface area contributed by atoms with Crippen LogP contribution in [0.4, 0.5) is 5.69 Å². The first-order chi connectivity index (χ1) is 16.7. The van der Waals surface area contributed by atoms with Crippen LogP contribution < -0.4 is 10.7 Å². The number of benzene rings is 4. The lowest BCUT2D eigenvalue weighted by atomic mass is 10.1. The van der Waals surface area contributed by atoms with Crippen molar-refractivity contribution < 1.29 is 9.59 Å². The Morgan fingerprint density at radius 2 is 1.12 bits per heavy atom. The number of carbonyl (C=O) groups is 2. The van der Waals surface area contributed by atoms with Crippen LogP contribution in [0.3, 0.4) is 0 Å². The zero-order valence-electron chi connectivity index (χ0n) is 18.4. The Bertz CT molecular complexity index is 1300. The maximum Gasteiger partial charge on any atom is 0.271 e. The van der Waals surface area contributed by atoms with Crippen LogP contribution >= 0.6 is 0 Å². The van der Waals surface area contributed by atoms with Crippen LogP contribution in [0.1, 0.15) is 31.8 Å². The third kappa shape index (κ3) is 6.14. The minimum Gasteiger partial charge on any atom is -0.322 e. The minimum absolute atomic E-state index is 0.208. The Balaban J connectivity index is 1.45. The van der Waals surface area contributed by atoms with E-state index in [0.29, 0.717) is 22.5 Å². The fourth-order valence-corrected chi connectivity index (χ4v) is 3.22. The summed E-state index contributed by atoms with van der Waals surface area (Å²) in [5.74, 6) is -0.553. The van der Waals surface area contributed by atoms with Crippen LogP contribution in [0.25, 0.3) is 6.08 Å². The molecule has 4 aromatic rings. The average molecular weight is 446 g/mol. The molecule has 0 bridgehead atoms. The van der Waals surface area contributed by atoms with E-state index >= 15 is 0 Å². The molecule has 0 aliphatic heterocycles. The van der Waals surface area contributed by atoms with Crippen molar-refractivity contribution >= 4 is 29.3 Å². The predicted octanol–water partition coefficient (Wildman–Crippen LogP) is 5.79. The van der Waals surface area contributed by atoms with Crippen LogP contribution in [0.2, 0.25) is 0 Å². The second-order valence-corrected chi connectivity index (χ2v) is 7.45. The summed E-state index contributed by atoms with van der Waals surface area (Å²) in [6.07, 6.45) is 3.81. The fourth-order valence-electron chi connectivity index (χ4n) is 3.22. The number of rotatable bonds is 7. The lowest BCUT2D eigenvalue weighted by Gasteiger charge is -2.07. The van der Waals surface area contributed by atoms with Crippen molar-refractivity contribution in [3.63, 3.8) is 0 Å². The van der Waals surface area contributed by atoms with E-state index in [4.69, 9.17) is 0 Å². The summed E-state index contributed by atoms with van der Waals surface area (Å²) >= 11 is 0. The van der Waals surface area contributed by atoms with Gasteiger partial charge in [-0.05, 0) is 48.0 Å². The van der Waals surface area contributed by atoms with Gasteiger partial charge in [0.25, 0.3) is 11.8 Å². The molecule has 0 spiro atoms. The van der Waals surface area contributed by atoms with Crippen molar-refractivity contribution in [3.8, 4) is 0 Å². The van der Waals surface area contributed by atoms with Crippen molar-refractivity contribution in [2.45, 2.75) is 0 Å². The highest BCUT2D eigenvalue weighted by Crippen LogP contribution is 2.12. The molecule has 0 heterocycles.